The van der Waals surface area contributed by atoms with Crippen molar-refractivity contribution < 1.29 is 22.8 Å². The molecule has 1 aromatic carbocycles. The van der Waals surface area contributed by atoms with Crippen molar-refractivity contribution in [2.45, 2.75) is 63.6 Å². The Morgan fingerprint density at radius 3 is 2.72 bits per heavy atom. The number of nitriles is 1. The average Bonchev–Trinajstić information content (AvgIpc) is 3.02. The molecule has 2 rings (SSSR count). The van der Waals surface area contributed by atoms with E-state index in [1.54, 1.807) is 11.0 Å². The molecule has 1 amide bonds. The van der Waals surface area contributed by atoms with Crippen molar-refractivity contribution in [1.29, 1.82) is 5.26 Å². The second-order valence-electron chi connectivity index (χ2n) is 7.22. The van der Waals surface area contributed by atoms with Crippen molar-refractivity contribution in [1.82, 2.24) is 4.90 Å². The van der Waals surface area contributed by atoms with E-state index in [-0.39, 0.29) is 24.2 Å². The van der Waals surface area contributed by atoms with E-state index in [9.17, 15) is 22.8 Å². The molecule has 0 aromatic heterocycles. The third-order valence-corrected chi connectivity index (χ3v) is 4.95. The smallest absolute Gasteiger partial charge is 0.336 e. The number of benzene rings is 1. The molecule has 1 saturated heterocycles. The summed E-state index contributed by atoms with van der Waals surface area (Å²) in [5.74, 6) is -0.234. The van der Waals surface area contributed by atoms with Gasteiger partial charge in [0.2, 0.25) is 5.91 Å². The molecule has 1 fully saturated rings. The van der Waals surface area contributed by atoms with E-state index < -0.39 is 11.7 Å². The highest BCUT2D eigenvalue weighted by molar-refractivity contribution is 5.91. The minimum atomic E-state index is -4.44. The number of rotatable bonds is 10. The molecule has 1 aliphatic rings. The van der Waals surface area contributed by atoms with Crippen LogP contribution < -0.4 is 0 Å². The van der Waals surface area contributed by atoms with Crippen LogP contribution in [0.4, 0.5) is 13.2 Å². The molecule has 0 aliphatic carbocycles. The van der Waals surface area contributed by atoms with Crippen LogP contribution >= 0.6 is 0 Å². The molecule has 0 spiro atoms. The summed E-state index contributed by atoms with van der Waals surface area (Å²) in [6, 6.07) is 6.72. The van der Waals surface area contributed by atoms with Crippen LogP contribution in [0.25, 0.3) is 0 Å². The van der Waals surface area contributed by atoms with Crippen molar-refractivity contribution in [2.24, 2.45) is 0 Å². The molecule has 4 nitrogen and oxygen atoms in total. The van der Waals surface area contributed by atoms with Gasteiger partial charge in [0.05, 0.1) is 17.7 Å². The highest BCUT2D eigenvalue weighted by atomic mass is 19.4. The first-order valence-corrected chi connectivity index (χ1v) is 9.85. The normalized spacial score (nSPS) is 17.1. The minimum Gasteiger partial charge on any atom is -0.336 e. The number of unbranched alkanes of at least 4 members (excludes halogenated alkanes) is 4. The fourth-order valence-corrected chi connectivity index (χ4v) is 3.42. The molecule has 0 saturated carbocycles. The first-order valence-electron chi connectivity index (χ1n) is 9.85. The molecule has 1 aliphatic heterocycles. The summed E-state index contributed by atoms with van der Waals surface area (Å²) in [6.07, 6.45) is 3.74. The number of amides is 1. The Kier molecular flexibility index (Phi) is 8.44. The Hall–Kier alpha value is -2.62. The van der Waals surface area contributed by atoms with Crippen LogP contribution in [0.5, 0.6) is 0 Å². The molecule has 156 valence electrons. The summed E-state index contributed by atoms with van der Waals surface area (Å²) in [5.41, 5.74) is -0.458. The van der Waals surface area contributed by atoms with Gasteiger partial charge >= 0.3 is 6.18 Å². The Morgan fingerprint density at radius 1 is 1.24 bits per heavy atom. The van der Waals surface area contributed by atoms with Gasteiger partial charge in [0, 0.05) is 25.8 Å². The fraction of sp³-hybridized carbons (Fsp3) is 0.500. The number of ketones is 1. The van der Waals surface area contributed by atoms with Crippen LogP contribution in [0.2, 0.25) is 0 Å². The van der Waals surface area contributed by atoms with Crippen LogP contribution in [0.15, 0.2) is 36.4 Å². The predicted molar refractivity (Wildman–Crippen MR) is 103 cm³/mol. The quantitative estimate of drug-likeness (QED) is 0.413. The van der Waals surface area contributed by atoms with E-state index >= 15 is 0 Å². The molecule has 1 aromatic rings. The lowest BCUT2D eigenvalue weighted by atomic mass is 10.0. The molecule has 0 radical (unpaired) electrons. The topological polar surface area (TPSA) is 61.2 Å². The summed E-state index contributed by atoms with van der Waals surface area (Å²) in [5, 5.41) is 8.52. The van der Waals surface area contributed by atoms with Gasteiger partial charge in [-0.25, -0.2) is 0 Å². The standard InChI is InChI=1S/C22H25F3N2O2/c23-22(24,25)18-8-6-7-17(15-18)16-20(28)11-9-19-10-12-21(29)27(19)14-5-3-1-2-4-13-26/h6-9,11,15,19H,1-5,10,12,14,16H2/t19-/m0/s1. The number of hydrogen-bond acceptors (Lipinski definition) is 3. The summed E-state index contributed by atoms with van der Waals surface area (Å²) in [4.78, 5) is 26.0. The van der Waals surface area contributed by atoms with Crippen LogP contribution in [-0.2, 0) is 22.2 Å². The third kappa shape index (κ3) is 7.37. The number of likely N-dealkylation sites (tertiary alicyclic amines) is 1. The van der Waals surface area contributed by atoms with Crippen LogP contribution in [0.3, 0.4) is 0 Å². The highest BCUT2D eigenvalue weighted by Crippen LogP contribution is 2.29. The van der Waals surface area contributed by atoms with E-state index in [4.69, 9.17) is 5.26 Å². The zero-order valence-electron chi connectivity index (χ0n) is 16.3. The molecular weight excluding hydrogens is 381 g/mol. The van der Waals surface area contributed by atoms with E-state index in [1.807, 2.05) is 0 Å². The molecule has 7 heteroatoms. The molecule has 0 bridgehead atoms. The SMILES string of the molecule is N#CCCCCCCN1C(=O)CC[C@@H]1C=CC(=O)Cc1cccc(C(F)(F)F)c1. The first-order chi connectivity index (χ1) is 13.8. The lowest BCUT2D eigenvalue weighted by Gasteiger charge is -2.22. The number of allylic oxidation sites excluding steroid dienone is 1. The van der Waals surface area contributed by atoms with Gasteiger partial charge in [-0.1, -0.05) is 37.1 Å². The molecule has 1 atom stereocenters. The number of nitrogens with zero attached hydrogens (tertiary/aromatic N) is 2. The van der Waals surface area contributed by atoms with Gasteiger partial charge in [-0.15, -0.1) is 0 Å². The monoisotopic (exact) mass is 406 g/mol. The van der Waals surface area contributed by atoms with Gasteiger partial charge in [-0.3, -0.25) is 9.59 Å². The number of carbonyl (C=O) groups excluding carboxylic acids is 2. The van der Waals surface area contributed by atoms with E-state index in [0.29, 0.717) is 31.4 Å². The summed E-state index contributed by atoms with van der Waals surface area (Å²) >= 11 is 0. The molecule has 0 N–H and O–H groups in total. The number of halogens is 3. The average molecular weight is 406 g/mol. The zero-order valence-corrected chi connectivity index (χ0v) is 16.3. The molecule has 29 heavy (non-hydrogen) atoms. The minimum absolute atomic E-state index is 0.0574. The van der Waals surface area contributed by atoms with Crippen molar-refractivity contribution >= 4 is 11.7 Å². The zero-order chi connectivity index (χ0) is 21.3. The second-order valence-corrected chi connectivity index (χ2v) is 7.22. The van der Waals surface area contributed by atoms with Crippen LogP contribution in [-0.4, -0.2) is 29.2 Å². The maximum Gasteiger partial charge on any atom is 0.416 e. The Bertz CT molecular complexity index is 781. The maximum atomic E-state index is 12.8. The summed E-state index contributed by atoms with van der Waals surface area (Å²) in [6.45, 7) is 0.613. The molecular formula is C22H25F3N2O2. The van der Waals surface area contributed by atoms with Crippen molar-refractivity contribution in [2.75, 3.05) is 6.54 Å². The second kappa shape index (κ2) is 10.8. The molecule has 0 unspecified atom stereocenters. The van der Waals surface area contributed by atoms with Gasteiger partial charge in [0.15, 0.2) is 5.78 Å². The highest BCUT2D eigenvalue weighted by Gasteiger charge is 2.30. The Labute approximate surface area is 169 Å². The predicted octanol–water partition coefficient (Wildman–Crippen LogP) is 4.84. The van der Waals surface area contributed by atoms with Crippen LogP contribution in [0.1, 0.15) is 56.1 Å². The largest absolute Gasteiger partial charge is 0.416 e. The third-order valence-electron chi connectivity index (χ3n) is 4.95. The Morgan fingerprint density at radius 2 is 2.00 bits per heavy atom. The van der Waals surface area contributed by atoms with E-state index in [0.717, 1.165) is 37.8 Å². The summed E-state index contributed by atoms with van der Waals surface area (Å²) in [7, 11) is 0. The van der Waals surface area contributed by atoms with Crippen molar-refractivity contribution in [3.05, 3.63) is 47.5 Å². The maximum absolute atomic E-state index is 12.8. The lowest BCUT2D eigenvalue weighted by molar-refractivity contribution is -0.137. The first kappa shape index (κ1) is 22.7. The van der Waals surface area contributed by atoms with Crippen molar-refractivity contribution in [3.63, 3.8) is 0 Å². The number of alkyl halides is 3. The fourth-order valence-electron chi connectivity index (χ4n) is 3.42. The van der Waals surface area contributed by atoms with Gasteiger partial charge in [-0.2, -0.15) is 18.4 Å². The van der Waals surface area contributed by atoms with Gasteiger partial charge in [-0.05, 0) is 37.0 Å². The van der Waals surface area contributed by atoms with Gasteiger partial charge in [0.1, 0.15) is 0 Å². The molecule has 1 heterocycles. The lowest BCUT2D eigenvalue weighted by Crippen LogP contribution is -2.32. The Balaban J connectivity index is 1.86. The summed E-state index contributed by atoms with van der Waals surface area (Å²) < 4.78 is 38.3. The van der Waals surface area contributed by atoms with Gasteiger partial charge in [0.25, 0.3) is 0 Å². The van der Waals surface area contributed by atoms with E-state index in [1.165, 1.54) is 18.2 Å². The number of carbonyl (C=O) groups is 2. The van der Waals surface area contributed by atoms with E-state index in [2.05, 4.69) is 6.07 Å². The number of hydrogen-bond donors (Lipinski definition) is 0. The van der Waals surface area contributed by atoms with Gasteiger partial charge < -0.3 is 4.90 Å². The van der Waals surface area contributed by atoms with Crippen LogP contribution in [0, 0.1) is 11.3 Å². The van der Waals surface area contributed by atoms with Crippen molar-refractivity contribution in [3.8, 4) is 6.07 Å².